The van der Waals surface area contributed by atoms with E-state index >= 15 is 0 Å². The Kier molecular flexibility index (Phi) is 2.88. The van der Waals surface area contributed by atoms with E-state index < -0.39 is 0 Å². The molecule has 1 N–H and O–H groups in total. The van der Waals surface area contributed by atoms with Gasteiger partial charge in [-0.2, -0.15) is 0 Å². The number of nitrogens with zero attached hydrogens (tertiary/aromatic N) is 2. The van der Waals surface area contributed by atoms with Gasteiger partial charge in [-0.05, 0) is 22.9 Å². The largest absolute Gasteiger partial charge is 0.266 e. The van der Waals surface area contributed by atoms with Crippen LogP contribution in [0.15, 0.2) is 48.1 Å². The van der Waals surface area contributed by atoms with E-state index in [1.807, 2.05) is 0 Å². The minimum Gasteiger partial charge on any atom is -0.266 e. The molecule has 0 saturated carbocycles. The zero-order chi connectivity index (χ0) is 9.64. The predicted molar refractivity (Wildman–Crippen MR) is 58.2 cm³/mol. The summed E-state index contributed by atoms with van der Waals surface area (Å²) in [6, 6.07) is 10.5. The number of hydrogen-bond acceptors (Lipinski definition) is 3. The van der Waals surface area contributed by atoms with E-state index in [0.717, 1.165) is 0 Å². The molecule has 3 aromatic rings. The third-order valence-corrected chi connectivity index (χ3v) is 2.59. The summed E-state index contributed by atoms with van der Waals surface area (Å²) in [6.07, 6.45) is 3.24. The van der Waals surface area contributed by atoms with Crippen LogP contribution >= 0.6 is 11.3 Å². The lowest BCUT2D eigenvalue weighted by Gasteiger charge is -1.82. The van der Waals surface area contributed by atoms with Gasteiger partial charge in [-0.25, -0.2) is 0 Å². The molecule has 3 rings (SSSR count). The average molecular weight is 203 g/mol. The van der Waals surface area contributed by atoms with Crippen molar-refractivity contribution in [3.63, 3.8) is 0 Å². The quantitative estimate of drug-likeness (QED) is 0.610. The average Bonchev–Trinajstić information content (AvgIpc) is 2.92. The molecule has 0 amide bonds. The van der Waals surface area contributed by atoms with Gasteiger partial charge < -0.3 is 0 Å². The molecule has 2 aromatic heterocycles. The van der Waals surface area contributed by atoms with Crippen LogP contribution in [0.1, 0.15) is 0 Å². The first-order valence-corrected chi connectivity index (χ1v) is 5.07. The standard InChI is InChI=1S/C8H6S.C2H3N3/c1-2-4-8-7(3-1)5-6-9-8;1-2-4-5-3-1/h1-6H;1-2H,(H,3,4,5). The Morgan fingerprint density at radius 3 is 2.71 bits per heavy atom. The SMILES string of the molecule is c1c[nH]nn1.c1ccc2sccc2c1. The lowest BCUT2D eigenvalue weighted by Crippen LogP contribution is -1.61. The number of fused-ring (bicyclic) bond motifs is 1. The Morgan fingerprint density at radius 1 is 1.14 bits per heavy atom. The number of H-pyrrole nitrogens is 1. The Balaban J connectivity index is 0.000000128. The molecular weight excluding hydrogens is 194 g/mol. The van der Waals surface area contributed by atoms with Gasteiger partial charge in [-0.3, -0.25) is 5.10 Å². The van der Waals surface area contributed by atoms with Crippen molar-refractivity contribution in [2.45, 2.75) is 0 Å². The van der Waals surface area contributed by atoms with Gasteiger partial charge in [-0.1, -0.05) is 23.4 Å². The molecule has 0 fully saturated rings. The molecule has 2 heterocycles. The molecule has 0 aliphatic carbocycles. The van der Waals surface area contributed by atoms with E-state index in [9.17, 15) is 0 Å². The third-order valence-electron chi connectivity index (χ3n) is 1.69. The Bertz CT molecular complexity index is 425. The number of benzene rings is 1. The molecule has 0 saturated heterocycles. The summed E-state index contributed by atoms with van der Waals surface area (Å²) >= 11 is 1.79. The second-order valence-electron chi connectivity index (χ2n) is 2.62. The van der Waals surface area contributed by atoms with Crippen molar-refractivity contribution in [3.8, 4) is 0 Å². The molecule has 0 atom stereocenters. The van der Waals surface area contributed by atoms with E-state index in [1.54, 1.807) is 23.7 Å². The number of rotatable bonds is 0. The van der Waals surface area contributed by atoms with Crippen LogP contribution in [0.3, 0.4) is 0 Å². The van der Waals surface area contributed by atoms with Gasteiger partial charge in [0.25, 0.3) is 0 Å². The first-order chi connectivity index (χ1) is 6.97. The summed E-state index contributed by atoms with van der Waals surface area (Å²) < 4.78 is 1.37. The maximum absolute atomic E-state index is 3.42. The fourth-order valence-corrected chi connectivity index (χ4v) is 1.86. The maximum Gasteiger partial charge on any atom is 0.0690 e. The summed E-state index contributed by atoms with van der Waals surface area (Å²) in [7, 11) is 0. The number of aromatic nitrogens is 3. The van der Waals surface area contributed by atoms with Gasteiger partial charge in [0.15, 0.2) is 0 Å². The molecule has 0 spiro atoms. The number of nitrogens with one attached hydrogen (secondary N) is 1. The van der Waals surface area contributed by atoms with E-state index in [-0.39, 0.29) is 0 Å². The molecule has 70 valence electrons. The minimum atomic E-state index is 1.35. The second-order valence-corrected chi connectivity index (χ2v) is 3.57. The van der Waals surface area contributed by atoms with Crippen LogP contribution in [0.5, 0.6) is 0 Å². The molecule has 4 heteroatoms. The Morgan fingerprint density at radius 2 is 2.07 bits per heavy atom. The van der Waals surface area contributed by atoms with Crippen molar-refractivity contribution in [1.82, 2.24) is 15.4 Å². The van der Waals surface area contributed by atoms with Crippen molar-refractivity contribution < 1.29 is 0 Å². The van der Waals surface area contributed by atoms with Crippen molar-refractivity contribution in [2.75, 3.05) is 0 Å². The predicted octanol–water partition coefficient (Wildman–Crippen LogP) is 2.71. The van der Waals surface area contributed by atoms with E-state index in [4.69, 9.17) is 0 Å². The number of thiophene rings is 1. The van der Waals surface area contributed by atoms with Gasteiger partial charge in [-0.15, -0.1) is 16.4 Å². The van der Waals surface area contributed by atoms with Crippen molar-refractivity contribution in [2.24, 2.45) is 0 Å². The van der Waals surface area contributed by atoms with Gasteiger partial charge in [0.2, 0.25) is 0 Å². The fourth-order valence-electron chi connectivity index (χ4n) is 1.07. The number of aromatic amines is 1. The van der Waals surface area contributed by atoms with E-state index in [1.165, 1.54) is 10.1 Å². The summed E-state index contributed by atoms with van der Waals surface area (Å²) in [4.78, 5) is 0. The first-order valence-electron chi connectivity index (χ1n) is 4.19. The van der Waals surface area contributed by atoms with Crippen LogP contribution in [0, 0.1) is 0 Å². The third kappa shape index (κ3) is 2.17. The van der Waals surface area contributed by atoms with Crippen LogP contribution < -0.4 is 0 Å². The van der Waals surface area contributed by atoms with Gasteiger partial charge in [0, 0.05) is 10.9 Å². The topological polar surface area (TPSA) is 41.6 Å². The highest BCUT2D eigenvalue weighted by Gasteiger charge is 1.87. The zero-order valence-corrected chi connectivity index (χ0v) is 8.24. The molecule has 1 aromatic carbocycles. The normalized spacial score (nSPS) is 9.43. The van der Waals surface area contributed by atoms with Crippen LogP contribution in [0.4, 0.5) is 0 Å². The van der Waals surface area contributed by atoms with E-state index in [2.05, 4.69) is 51.1 Å². The lowest BCUT2D eigenvalue weighted by atomic mass is 10.3. The van der Waals surface area contributed by atoms with Gasteiger partial charge in [0.05, 0.1) is 6.20 Å². The molecule has 0 bridgehead atoms. The molecule has 0 unspecified atom stereocenters. The molecule has 0 aliphatic rings. The molecule has 14 heavy (non-hydrogen) atoms. The zero-order valence-electron chi connectivity index (χ0n) is 7.42. The number of hydrogen-bond donors (Lipinski definition) is 1. The van der Waals surface area contributed by atoms with Crippen LogP contribution in [-0.4, -0.2) is 15.4 Å². The smallest absolute Gasteiger partial charge is 0.0690 e. The van der Waals surface area contributed by atoms with Crippen molar-refractivity contribution >= 4 is 21.4 Å². The first kappa shape index (κ1) is 8.90. The maximum atomic E-state index is 3.42. The Labute approximate surface area is 85.4 Å². The van der Waals surface area contributed by atoms with Crippen LogP contribution in [0.25, 0.3) is 10.1 Å². The van der Waals surface area contributed by atoms with Crippen LogP contribution in [0.2, 0.25) is 0 Å². The van der Waals surface area contributed by atoms with Crippen molar-refractivity contribution in [1.29, 1.82) is 0 Å². The second kappa shape index (κ2) is 4.53. The lowest BCUT2D eigenvalue weighted by molar-refractivity contribution is 0.940. The van der Waals surface area contributed by atoms with Crippen molar-refractivity contribution in [3.05, 3.63) is 48.1 Å². The minimum absolute atomic E-state index is 1.35. The summed E-state index contributed by atoms with van der Waals surface area (Å²) in [6.45, 7) is 0. The summed E-state index contributed by atoms with van der Waals surface area (Å²) in [5.41, 5.74) is 0. The van der Waals surface area contributed by atoms with E-state index in [0.29, 0.717) is 0 Å². The van der Waals surface area contributed by atoms with Crippen LogP contribution in [-0.2, 0) is 0 Å². The molecule has 0 radical (unpaired) electrons. The molecule has 3 nitrogen and oxygen atoms in total. The summed E-state index contributed by atoms with van der Waals surface area (Å²) in [5, 5.41) is 12.7. The highest BCUT2D eigenvalue weighted by molar-refractivity contribution is 7.17. The monoisotopic (exact) mass is 203 g/mol. The highest BCUT2D eigenvalue weighted by Crippen LogP contribution is 2.18. The summed E-state index contributed by atoms with van der Waals surface area (Å²) in [5.74, 6) is 0. The fraction of sp³-hybridized carbons (Fsp3) is 0. The van der Waals surface area contributed by atoms with Gasteiger partial charge in [0.1, 0.15) is 0 Å². The molecule has 0 aliphatic heterocycles. The molecular formula is C10H9N3S. The Hall–Kier alpha value is -1.68. The highest BCUT2D eigenvalue weighted by atomic mass is 32.1. The van der Waals surface area contributed by atoms with Gasteiger partial charge >= 0.3 is 0 Å².